The Kier molecular flexibility index (Phi) is 3.60. The van der Waals surface area contributed by atoms with Crippen LogP contribution in [0.25, 0.3) is 0 Å². The Morgan fingerprint density at radius 3 is 2.31 bits per heavy atom. The molecule has 0 aromatic heterocycles. The maximum atomic E-state index is 9.44. The molecule has 0 aromatic carbocycles. The largest absolute Gasteiger partial charge is 0.394 e. The summed E-state index contributed by atoms with van der Waals surface area (Å²) in [5.74, 6) is 0. The van der Waals surface area contributed by atoms with Crippen LogP contribution in [0.15, 0.2) is 0 Å². The normalized spacial score (nSPS) is 46.4. The Bertz CT molecular complexity index is 163. The molecule has 6 heteroatoms. The highest BCUT2D eigenvalue weighted by atomic mass is 16.6. The molecule has 1 fully saturated rings. The fourth-order valence-electron chi connectivity index (χ4n) is 1.35. The third kappa shape index (κ3) is 1.98. The quantitative estimate of drug-likeness (QED) is 0.386. The smallest absolute Gasteiger partial charge is 0.184 e. The maximum absolute atomic E-state index is 9.44. The molecule has 1 aliphatic heterocycles. The Morgan fingerprint density at radius 2 is 1.85 bits per heavy atom. The van der Waals surface area contributed by atoms with E-state index in [9.17, 15) is 10.2 Å². The number of rotatable bonds is 2. The summed E-state index contributed by atoms with van der Waals surface area (Å²) in [5, 5.41) is 36.6. The minimum atomic E-state index is -1.44. The highest BCUT2D eigenvalue weighted by Gasteiger charge is 2.43. The van der Waals surface area contributed by atoms with Crippen LogP contribution in [0.3, 0.4) is 0 Å². The molecule has 0 unspecified atom stereocenters. The van der Waals surface area contributed by atoms with Gasteiger partial charge in [-0.25, -0.2) is 0 Å². The first kappa shape index (κ1) is 10.8. The topological polar surface area (TPSA) is 99.4 Å². The van der Waals surface area contributed by atoms with Crippen molar-refractivity contribution < 1.29 is 29.9 Å². The predicted molar refractivity (Wildman–Crippen MR) is 40.8 cm³/mol. The molecule has 1 saturated heterocycles. The average Bonchev–Trinajstić information content (AvgIpc) is 2.12. The fraction of sp³-hybridized carbons (Fsp3) is 1.00. The van der Waals surface area contributed by atoms with E-state index in [1.54, 1.807) is 0 Å². The predicted octanol–water partition coefficient (Wildman–Crippen LogP) is -2.57. The lowest BCUT2D eigenvalue weighted by molar-refractivity contribution is -0.290. The van der Waals surface area contributed by atoms with Gasteiger partial charge >= 0.3 is 0 Å². The lowest BCUT2D eigenvalue weighted by atomic mass is 9.99. The average molecular weight is 194 g/mol. The molecule has 78 valence electrons. The zero-order chi connectivity index (χ0) is 10.0. The number of hydrogen-bond acceptors (Lipinski definition) is 6. The number of ether oxygens (including phenoxy) is 2. The Morgan fingerprint density at radius 1 is 1.23 bits per heavy atom. The van der Waals surface area contributed by atoms with Gasteiger partial charge in [0.25, 0.3) is 0 Å². The summed E-state index contributed by atoms with van der Waals surface area (Å²) in [5.41, 5.74) is 0. The van der Waals surface area contributed by atoms with Crippen molar-refractivity contribution in [3.63, 3.8) is 0 Å². The Labute approximate surface area is 75.3 Å². The zero-order valence-electron chi connectivity index (χ0n) is 7.20. The molecule has 0 aliphatic carbocycles. The van der Waals surface area contributed by atoms with Crippen molar-refractivity contribution in [2.45, 2.75) is 30.7 Å². The molecule has 1 rings (SSSR count). The van der Waals surface area contributed by atoms with Gasteiger partial charge in [0.2, 0.25) is 0 Å². The first-order chi connectivity index (χ1) is 6.11. The molecule has 1 aliphatic rings. The van der Waals surface area contributed by atoms with Gasteiger partial charge in [-0.1, -0.05) is 0 Å². The van der Waals surface area contributed by atoms with E-state index < -0.39 is 37.3 Å². The number of aliphatic hydroxyl groups excluding tert-OH is 4. The van der Waals surface area contributed by atoms with Gasteiger partial charge in [-0.05, 0) is 0 Å². The van der Waals surface area contributed by atoms with E-state index in [2.05, 4.69) is 0 Å². The first-order valence-corrected chi connectivity index (χ1v) is 3.95. The van der Waals surface area contributed by atoms with Crippen LogP contribution < -0.4 is 0 Å². The van der Waals surface area contributed by atoms with E-state index in [4.69, 9.17) is 19.7 Å². The van der Waals surface area contributed by atoms with Gasteiger partial charge in [-0.15, -0.1) is 0 Å². The Balaban J connectivity index is 2.69. The standard InChI is InChI=1S/C7H14O6/c1-12-6-4(9)3(2-8)13-7(11)5(6)10/h3-11H,2H2,1H3/t3-,4-,5-,6+,7-/m1/s1. The zero-order valence-corrected chi connectivity index (χ0v) is 7.20. The minimum absolute atomic E-state index is 0.440. The molecule has 5 atom stereocenters. The molecule has 6 nitrogen and oxygen atoms in total. The summed E-state index contributed by atoms with van der Waals surface area (Å²) >= 11 is 0. The second-order valence-electron chi connectivity index (χ2n) is 2.93. The summed E-state index contributed by atoms with van der Waals surface area (Å²) in [7, 11) is 1.30. The molecule has 4 N–H and O–H groups in total. The number of hydrogen-bond donors (Lipinski definition) is 4. The summed E-state index contributed by atoms with van der Waals surface area (Å²) in [6, 6.07) is 0. The van der Waals surface area contributed by atoms with Gasteiger partial charge < -0.3 is 29.9 Å². The van der Waals surface area contributed by atoms with Gasteiger partial charge in [-0.2, -0.15) is 0 Å². The van der Waals surface area contributed by atoms with Crippen molar-refractivity contribution in [1.29, 1.82) is 0 Å². The second kappa shape index (κ2) is 4.32. The van der Waals surface area contributed by atoms with Crippen LogP contribution >= 0.6 is 0 Å². The lowest BCUT2D eigenvalue weighted by Crippen LogP contribution is -2.59. The molecule has 0 radical (unpaired) electrons. The van der Waals surface area contributed by atoms with Crippen molar-refractivity contribution in [2.75, 3.05) is 13.7 Å². The van der Waals surface area contributed by atoms with E-state index in [0.29, 0.717) is 0 Å². The van der Waals surface area contributed by atoms with E-state index in [-0.39, 0.29) is 0 Å². The van der Waals surface area contributed by atoms with Crippen molar-refractivity contribution >= 4 is 0 Å². The van der Waals surface area contributed by atoms with Crippen LogP contribution in [0.4, 0.5) is 0 Å². The van der Waals surface area contributed by atoms with Gasteiger partial charge in [0.05, 0.1) is 6.61 Å². The molecule has 0 bridgehead atoms. The molecule has 0 spiro atoms. The van der Waals surface area contributed by atoms with Crippen molar-refractivity contribution in [3.05, 3.63) is 0 Å². The number of methoxy groups -OCH3 is 1. The van der Waals surface area contributed by atoms with Crippen LogP contribution in [-0.2, 0) is 9.47 Å². The van der Waals surface area contributed by atoms with Gasteiger partial charge in [0.1, 0.15) is 24.4 Å². The minimum Gasteiger partial charge on any atom is -0.394 e. The van der Waals surface area contributed by atoms with E-state index >= 15 is 0 Å². The van der Waals surface area contributed by atoms with Crippen molar-refractivity contribution in [2.24, 2.45) is 0 Å². The van der Waals surface area contributed by atoms with Crippen LogP contribution in [0.1, 0.15) is 0 Å². The summed E-state index contributed by atoms with van der Waals surface area (Å²) in [6.45, 7) is -0.440. The Hall–Kier alpha value is -0.240. The van der Waals surface area contributed by atoms with Gasteiger partial charge in [0.15, 0.2) is 6.29 Å². The van der Waals surface area contributed by atoms with Crippen LogP contribution in [0.2, 0.25) is 0 Å². The number of aliphatic hydroxyl groups is 4. The van der Waals surface area contributed by atoms with Crippen LogP contribution in [0, 0.1) is 0 Å². The summed E-state index contributed by atoms with van der Waals surface area (Å²) < 4.78 is 9.48. The van der Waals surface area contributed by atoms with Gasteiger partial charge in [-0.3, -0.25) is 0 Å². The van der Waals surface area contributed by atoms with E-state index in [1.807, 2.05) is 0 Å². The monoisotopic (exact) mass is 194 g/mol. The molecule has 1 heterocycles. The molecule has 0 aromatic rings. The third-order valence-corrected chi connectivity index (χ3v) is 2.11. The van der Waals surface area contributed by atoms with Crippen LogP contribution in [0.5, 0.6) is 0 Å². The molecular formula is C7H14O6. The molecular weight excluding hydrogens is 180 g/mol. The third-order valence-electron chi connectivity index (χ3n) is 2.11. The van der Waals surface area contributed by atoms with Crippen molar-refractivity contribution in [3.8, 4) is 0 Å². The SMILES string of the molecule is CO[C@@H]1[C@@H](O)[C@H](O)O[C@H](CO)[C@H]1O. The maximum Gasteiger partial charge on any atom is 0.184 e. The molecule has 0 amide bonds. The van der Waals surface area contributed by atoms with Crippen LogP contribution in [-0.4, -0.2) is 64.8 Å². The first-order valence-electron chi connectivity index (χ1n) is 3.95. The van der Waals surface area contributed by atoms with E-state index in [1.165, 1.54) is 7.11 Å². The fourth-order valence-corrected chi connectivity index (χ4v) is 1.35. The van der Waals surface area contributed by atoms with E-state index in [0.717, 1.165) is 0 Å². The summed E-state index contributed by atoms with van der Waals surface area (Å²) in [4.78, 5) is 0. The summed E-state index contributed by atoms with van der Waals surface area (Å²) in [6.07, 6.45) is -5.76. The van der Waals surface area contributed by atoms with Crippen molar-refractivity contribution in [1.82, 2.24) is 0 Å². The lowest BCUT2D eigenvalue weighted by Gasteiger charge is -2.39. The highest BCUT2D eigenvalue weighted by molar-refractivity contribution is 4.89. The highest BCUT2D eigenvalue weighted by Crippen LogP contribution is 2.21. The second-order valence-corrected chi connectivity index (χ2v) is 2.93. The molecule has 0 saturated carbocycles. The van der Waals surface area contributed by atoms with Gasteiger partial charge in [0, 0.05) is 7.11 Å². The molecule has 13 heavy (non-hydrogen) atoms.